The van der Waals surface area contributed by atoms with Crippen molar-refractivity contribution < 1.29 is 14.5 Å². The molecule has 0 radical (unpaired) electrons. The zero-order valence-corrected chi connectivity index (χ0v) is 16.4. The molecule has 0 spiro atoms. The van der Waals surface area contributed by atoms with E-state index in [1.165, 1.54) is 0 Å². The molecule has 6 nitrogen and oxygen atoms in total. The van der Waals surface area contributed by atoms with Gasteiger partial charge in [-0.2, -0.15) is 0 Å². The number of anilines is 1. The van der Waals surface area contributed by atoms with E-state index >= 15 is 0 Å². The molecule has 6 heteroatoms. The molecule has 1 unspecified atom stereocenters. The number of carbonyl (C=O) groups is 2. The summed E-state index contributed by atoms with van der Waals surface area (Å²) in [6, 6.07) is 8.30. The Hall–Kier alpha value is -2.08. The third-order valence-electron chi connectivity index (χ3n) is 4.06. The Kier molecular flexibility index (Phi) is 8.41. The minimum Gasteiger partial charge on any atom is -0.378 e. The number of amides is 2. The highest BCUT2D eigenvalue weighted by Gasteiger charge is 2.19. The van der Waals surface area contributed by atoms with Gasteiger partial charge in [0.05, 0.1) is 6.54 Å². The summed E-state index contributed by atoms with van der Waals surface area (Å²) in [5.74, 6) is 0.0347. The van der Waals surface area contributed by atoms with Crippen molar-refractivity contribution >= 4 is 17.5 Å². The monoisotopic (exact) mass is 349 g/mol. The van der Waals surface area contributed by atoms with Crippen LogP contribution < -0.4 is 15.1 Å². The maximum Gasteiger partial charge on any atom is 0.277 e. The second-order valence-corrected chi connectivity index (χ2v) is 6.99. The van der Waals surface area contributed by atoms with Crippen molar-refractivity contribution in [3.8, 4) is 0 Å². The van der Waals surface area contributed by atoms with Crippen molar-refractivity contribution in [3.63, 3.8) is 0 Å². The van der Waals surface area contributed by atoms with Crippen molar-refractivity contribution in [1.82, 2.24) is 10.2 Å². The highest BCUT2D eigenvalue weighted by Crippen LogP contribution is 2.13. The van der Waals surface area contributed by atoms with E-state index in [1.807, 2.05) is 71.1 Å². The fourth-order valence-corrected chi connectivity index (χ4v) is 2.52. The molecule has 0 bridgehead atoms. The lowest BCUT2D eigenvalue weighted by Crippen LogP contribution is -3.14. The summed E-state index contributed by atoms with van der Waals surface area (Å²) >= 11 is 0. The molecular formula is C19H33N4O2+. The molecule has 0 heterocycles. The van der Waals surface area contributed by atoms with Crippen LogP contribution in [0.1, 0.15) is 26.3 Å². The third kappa shape index (κ3) is 7.56. The average molecular weight is 349 g/mol. The molecular weight excluding hydrogens is 316 g/mol. The molecule has 0 aliphatic rings. The molecule has 1 atom stereocenters. The summed E-state index contributed by atoms with van der Waals surface area (Å²) in [4.78, 5) is 29.1. The Labute approximate surface area is 151 Å². The van der Waals surface area contributed by atoms with E-state index in [1.54, 1.807) is 4.90 Å². The Balaban J connectivity index is 2.55. The molecule has 0 aliphatic heterocycles. The number of hydrogen-bond acceptors (Lipinski definition) is 3. The van der Waals surface area contributed by atoms with E-state index in [0.717, 1.165) is 22.7 Å². The van der Waals surface area contributed by atoms with Crippen LogP contribution in [0.25, 0.3) is 0 Å². The second kappa shape index (κ2) is 10.0. The minimum atomic E-state index is -0.0124. The molecule has 2 amide bonds. The fourth-order valence-electron chi connectivity index (χ4n) is 2.52. The summed E-state index contributed by atoms with van der Waals surface area (Å²) < 4.78 is 0. The first kappa shape index (κ1) is 21.0. The van der Waals surface area contributed by atoms with Crippen molar-refractivity contribution in [3.05, 3.63) is 29.8 Å². The Morgan fingerprint density at radius 3 is 2.16 bits per heavy atom. The highest BCUT2D eigenvalue weighted by molar-refractivity contribution is 5.79. The first-order valence-electron chi connectivity index (χ1n) is 8.86. The molecule has 1 aromatic rings. The van der Waals surface area contributed by atoms with Gasteiger partial charge in [-0.05, 0) is 38.5 Å². The number of nitrogens with zero attached hydrogens (tertiary/aromatic N) is 2. The van der Waals surface area contributed by atoms with Crippen molar-refractivity contribution in [2.45, 2.75) is 33.4 Å². The predicted molar refractivity (Wildman–Crippen MR) is 102 cm³/mol. The number of carbonyl (C=O) groups excluding carboxylic acids is 2. The largest absolute Gasteiger partial charge is 0.378 e. The minimum absolute atomic E-state index is 0.0124. The summed E-state index contributed by atoms with van der Waals surface area (Å²) in [5, 5.41) is 2.88. The van der Waals surface area contributed by atoms with Crippen LogP contribution in [0.15, 0.2) is 24.3 Å². The highest BCUT2D eigenvalue weighted by atomic mass is 16.2. The molecule has 1 aromatic carbocycles. The van der Waals surface area contributed by atoms with Gasteiger partial charge in [0.25, 0.3) is 11.8 Å². The summed E-state index contributed by atoms with van der Waals surface area (Å²) in [6.07, 6.45) is 0. The Bertz CT molecular complexity index is 555. The standard InChI is InChI=1S/C19H32N4O2/c1-7-23(13-18(24)20-15(2)3)14-19(25)22(6)12-16-8-10-17(11-9-16)21(4)5/h8-11,15H,7,12-14H2,1-6H3,(H,20,24)/p+1. The van der Waals surface area contributed by atoms with Crippen molar-refractivity contribution in [2.75, 3.05) is 45.7 Å². The topological polar surface area (TPSA) is 57.1 Å². The smallest absolute Gasteiger partial charge is 0.277 e. The summed E-state index contributed by atoms with van der Waals surface area (Å²) in [7, 11) is 5.81. The van der Waals surface area contributed by atoms with Crippen LogP contribution in [-0.2, 0) is 16.1 Å². The first-order chi connectivity index (χ1) is 11.7. The molecule has 1 rings (SSSR count). The molecule has 0 fully saturated rings. The van der Waals surface area contributed by atoms with Crippen LogP contribution in [-0.4, -0.2) is 63.5 Å². The maximum absolute atomic E-state index is 12.5. The summed E-state index contributed by atoms with van der Waals surface area (Å²) in [6.45, 7) is 7.82. The van der Waals surface area contributed by atoms with Gasteiger partial charge in [0.2, 0.25) is 0 Å². The number of benzene rings is 1. The number of likely N-dealkylation sites (N-methyl/N-ethyl adjacent to an activating group) is 2. The third-order valence-corrected chi connectivity index (χ3v) is 4.06. The molecule has 2 N–H and O–H groups in total. The SMILES string of the molecule is CC[NH+](CC(=O)NC(C)C)CC(=O)N(C)Cc1ccc(N(C)C)cc1. The van der Waals surface area contributed by atoms with Gasteiger partial charge < -0.3 is 20.0 Å². The molecule has 0 aliphatic carbocycles. The number of rotatable bonds is 9. The molecule has 0 saturated heterocycles. The lowest BCUT2D eigenvalue weighted by molar-refractivity contribution is -0.882. The zero-order chi connectivity index (χ0) is 19.0. The Morgan fingerprint density at radius 1 is 1.08 bits per heavy atom. The fraction of sp³-hybridized carbons (Fsp3) is 0.579. The van der Waals surface area contributed by atoms with Crippen LogP contribution in [0.5, 0.6) is 0 Å². The predicted octanol–water partition coefficient (Wildman–Crippen LogP) is 0.140. The van der Waals surface area contributed by atoms with Crippen molar-refractivity contribution in [1.29, 1.82) is 0 Å². The lowest BCUT2D eigenvalue weighted by Gasteiger charge is -2.22. The van der Waals surface area contributed by atoms with Crippen LogP contribution in [0, 0.1) is 0 Å². The van der Waals surface area contributed by atoms with Gasteiger partial charge in [0, 0.05) is 39.4 Å². The molecule has 0 aromatic heterocycles. The van der Waals surface area contributed by atoms with E-state index in [-0.39, 0.29) is 17.9 Å². The van der Waals surface area contributed by atoms with Crippen LogP contribution >= 0.6 is 0 Å². The van der Waals surface area contributed by atoms with E-state index < -0.39 is 0 Å². The van der Waals surface area contributed by atoms with Gasteiger partial charge in [0.1, 0.15) is 0 Å². The number of nitrogens with one attached hydrogen (secondary N) is 2. The van der Waals surface area contributed by atoms with E-state index in [2.05, 4.69) is 5.32 Å². The number of quaternary nitrogens is 1. The van der Waals surface area contributed by atoms with Crippen LogP contribution in [0.4, 0.5) is 5.69 Å². The second-order valence-electron chi connectivity index (χ2n) is 6.99. The van der Waals surface area contributed by atoms with Gasteiger partial charge in [-0.15, -0.1) is 0 Å². The normalized spacial score (nSPS) is 12.0. The zero-order valence-electron chi connectivity index (χ0n) is 16.4. The maximum atomic E-state index is 12.5. The Morgan fingerprint density at radius 2 is 1.68 bits per heavy atom. The van der Waals surface area contributed by atoms with Crippen LogP contribution in [0.3, 0.4) is 0 Å². The van der Waals surface area contributed by atoms with Gasteiger partial charge >= 0.3 is 0 Å². The van der Waals surface area contributed by atoms with E-state index in [0.29, 0.717) is 19.6 Å². The van der Waals surface area contributed by atoms with Gasteiger partial charge in [-0.25, -0.2) is 0 Å². The van der Waals surface area contributed by atoms with E-state index in [9.17, 15) is 9.59 Å². The van der Waals surface area contributed by atoms with Gasteiger partial charge in [-0.3, -0.25) is 9.59 Å². The average Bonchev–Trinajstić information content (AvgIpc) is 2.53. The molecule has 0 saturated carbocycles. The number of hydrogen-bond donors (Lipinski definition) is 2. The first-order valence-corrected chi connectivity index (χ1v) is 8.86. The van der Waals surface area contributed by atoms with Crippen LogP contribution in [0.2, 0.25) is 0 Å². The molecule has 25 heavy (non-hydrogen) atoms. The summed E-state index contributed by atoms with van der Waals surface area (Å²) in [5.41, 5.74) is 2.23. The van der Waals surface area contributed by atoms with Gasteiger partial charge in [-0.1, -0.05) is 12.1 Å². The van der Waals surface area contributed by atoms with Crippen molar-refractivity contribution in [2.24, 2.45) is 0 Å². The lowest BCUT2D eigenvalue weighted by atomic mass is 10.2. The quantitative estimate of drug-likeness (QED) is 0.667. The van der Waals surface area contributed by atoms with E-state index in [4.69, 9.17) is 0 Å². The molecule has 140 valence electrons. The van der Waals surface area contributed by atoms with Gasteiger partial charge in [0.15, 0.2) is 13.1 Å².